The Kier molecular flexibility index (Phi) is 23.7. The highest BCUT2D eigenvalue weighted by Gasteiger charge is 2.68. The predicted molar refractivity (Wildman–Crippen MR) is 378 cm³/mol. The van der Waals surface area contributed by atoms with E-state index in [1.807, 2.05) is 36.4 Å². The van der Waals surface area contributed by atoms with Crippen molar-refractivity contribution in [2.24, 2.45) is 17.6 Å². The minimum atomic E-state index is -4.94. The van der Waals surface area contributed by atoms with Gasteiger partial charge in [0.1, 0.15) is 60.3 Å². The number of alkyl halides is 4. The molecule has 2 spiro atoms. The van der Waals surface area contributed by atoms with E-state index in [1.54, 1.807) is 85.3 Å². The van der Waals surface area contributed by atoms with Crippen molar-refractivity contribution in [1.82, 2.24) is 20.9 Å². The third-order valence-corrected chi connectivity index (χ3v) is 21.0. The van der Waals surface area contributed by atoms with Crippen molar-refractivity contribution in [3.8, 4) is 23.0 Å². The Morgan fingerprint density at radius 1 is 0.690 bits per heavy atom. The van der Waals surface area contributed by atoms with Crippen molar-refractivity contribution >= 4 is 52.9 Å². The first-order valence-electron chi connectivity index (χ1n) is 34.3. The summed E-state index contributed by atoms with van der Waals surface area (Å²) < 4.78 is 72.1. The van der Waals surface area contributed by atoms with Gasteiger partial charge in [0.25, 0.3) is 0 Å². The maximum absolute atomic E-state index is 13.2. The molecule has 25 heteroatoms. The maximum atomic E-state index is 13.2. The van der Waals surface area contributed by atoms with Gasteiger partial charge >= 0.3 is 24.3 Å². The van der Waals surface area contributed by atoms with Gasteiger partial charge in [-0.1, -0.05) is 68.1 Å². The van der Waals surface area contributed by atoms with Crippen LogP contribution in [0.15, 0.2) is 97.1 Å². The number of aliphatic hydroxyl groups excluding tert-OH is 2. The number of alkyl carbamates (subject to hydrolysis) is 2. The van der Waals surface area contributed by atoms with Crippen LogP contribution in [0.4, 0.5) is 34.1 Å². The minimum Gasteiger partial charge on any atom is -0.493 e. The first-order chi connectivity index (χ1) is 46.9. The monoisotopic (exact) mass is 1420 g/mol. The molecule has 13 atom stereocenters. The SMILES string of the molecule is C.CC(C)(C)OC(=O)NC(CCCCNC(=O)C(F)(F)F)C(=O)Nc1ccc(CCl)cc1.COc1ccc2c3c1O[C@H]1[C@@H](O)C=CC4[C@@H](C2)N(C)CC[C@@]341.COc1ccc2c3c1O[C@H]1[C@@H](O)C=CC4[C@@H](C2)[N+](C)(Cc2ccc(NC(=O)C(CCCCN)NC(=O)OC(C)(C)C)cc2)CC[C@@]341.[2HH]. The Morgan fingerprint density at radius 2 is 1.17 bits per heavy atom. The Balaban J connectivity index is 0.000000204. The van der Waals surface area contributed by atoms with E-state index in [0.29, 0.717) is 54.6 Å². The van der Waals surface area contributed by atoms with Crippen LogP contribution in [-0.2, 0) is 60.0 Å². The van der Waals surface area contributed by atoms with E-state index >= 15 is 0 Å². The molecular formula is C75H103ClF3N8O13+. The summed E-state index contributed by atoms with van der Waals surface area (Å²) in [5, 5.41) is 34.2. The summed E-state index contributed by atoms with van der Waals surface area (Å²) in [6, 6.07) is 22.3. The lowest BCUT2D eigenvalue weighted by Gasteiger charge is -2.59. The molecule has 21 nitrogen and oxygen atoms in total. The van der Waals surface area contributed by atoms with E-state index in [1.165, 1.54) is 27.8 Å². The number of rotatable bonds is 20. The lowest BCUT2D eigenvalue weighted by molar-refractivity contribution is -0.956. The number of ether oxygens (including phenoxy) is 6. The van der Waals surface area contributed by atoms with Crippen LogP contribution in [0.5, 0.6) is 23.0 Å². The number of likely N-dealkylation sites (tertiary alicyclic amines) is 2. The van der Waals surface area contributed by atoms with E-state index in [0.717, 1.165) is 84.8 Å². The molecule has 4 aliphatic heterocycles. The molecule has 5 amide bonds. The van der Waals surface area contributed by atoms with E-state index in [2.05, 4.69) is 76.7 Å². The van der Waals surface area contributed by atoms with Crippen LogP contribution < -0.4 is 51.3 Å². The molecule has 4 aromatic carbocycles. The van der Waals surface area contributed by atoms with Crippen LogP contribution in [0.1, 0.15) is 135 Å². The fourth-order valence-electron chi connectivity index (χ4n) is 16.2. The van der Waals surface area contributed by atoms with E-state index in [-0.39, 0.29) is 69.5 Å². The number of unbranched alkanes of at least 4 members (excludes halogenated alkanes) is 2. The molecular weight excluding hydrogens is 1310 g/mol. The van der Waals surface area contributed by atoms with Gasteiger partial charge in [-0.15, -0.1) is 11.6 Å². The van der Waals surface area contributed by atoms with Gasteiger partial charge in [-0.25, -0.2) is 9.59 Å². The molecule has 4 heterocycles. The van der Waals surface area contributed by atoms with Crippen LogP contribution in [0.3, 0.4) is 0 Å². The molecule has 4 bridgehead atoms. The molecule has 4 aromatic rings. The van der Waals surface area contributed by atoms with Crippen molar-refractivity contribution in [3.05, 3.63) is 130 Å². The number of nitrogens with two attached hydrogens (primary N) is 1. The molecule has 0 saturated carbocycles. The lowest BCUT2D eigenvalue weighted by atomic mass is 9.52. The number of anilines is 2. The Labute approximate surface area is 591 Å². The molecule has 5 unspecified atom stereocenters. The van der Waals surface area contributed by atoms with Crippen molar-refractivity contribution in [2.75, 3.05) is 65.1 Å². The highest BCUT2D eigenvalue weighted by Crippen LogP contribution is 2.65. The molecule has 0 aromatic heterocycles. The number of likely N-dealkylation sites (N-methyl/N-ethyl adjacent to an activating group) is 2. The topological polar surface area (TPSA) is 271 Å². The van der Waals surface area contributed by atoms with Crippen molar-refractivity contribution in [1.29, 1.82) is 0 Å². The Hall–Kier alpha value is -7.61. The highest BCUT2D eigenvalue weighted by atomic mass is 35.5. The maximum Gasteiger partial charge on any atom is 0.471 e. The van der Waals surface area contributed by atoms with Crippen molar-refractivity contribution in [2.45, 2.75) is 202 Å². The molecule has 12 rings (SSSR count). The van der Waals surface area contributed by atoms with Crippen LogP contribution >= 0.6 is 11.6 Å². The fraction of sp³-hybridized carbons (Fsp3) is 0.560. The number of nitrogens with one attached hydrogen (secondary N) is 5. The lowest BCUT2D eigenvalue weighted by Crippen LogP contribution is -2.70. The Morgan fingerprint density at radius 3 is 1.65 bits per heavy atom. The van der Waals surface area contributed by atoms with Gasteiger partial charge in [-0.3, -0.25) is 14.4 Å². The number of benzene rings is 4. The quantitative estimate of drug-likeness (QED) is 0.0177. The van der Waals surface area contributed by atoms with E-state index in [9.17, 15) is 47.4 Å². The normalized spacial score (nSPS) is 26.4. The van der Waals surface area contributed by atoms with E-state index < -0.39 is 65.7 Å². The predicted octanol–water partition coefficient (Wildman–Crippen LogP) is 10.7. The van der Waals surface area contributed by atoms with Crippen molar-refractivity contribution in [3.63, 3.8) is 0 Å². The molecule has 9 N–H and O–H groups in total. The zero-order chi connectivity index (χ0) is 71.6. The fourth-order valence-corrected chi connectivity index (χ4v) is 16.4. The van der Waals surface area contributed by atoms with Gasteiger partial charge in [0.2, 0.25) is 11.8 Å². The van der Waals surface area contributed by atoms with Gasteiger partial charge in [0.15, 0.2) is 23.0 Å². The van der Waals surface area contributed by atoms with Crippen LogP contribution in [-0.4, -0.2) is 170 Å². The number of hydrogen-bond donors (Lipinski definition) is 8. The van der Waals surface area contributed by atoms with Crippen molar-refractivity contribution < 1.29 is 81.7 Å². The molecule has 2 saturated heterocycles. The number of carbonyl (C=O) groups excluding carboxylic acids is 5. The van der Waals surface area contributed by atoms with Gasteiger partial charge in [-0.2, -0.15) is 13.2 Å². The minimum absolute atomic E-state index is 0. The second-order valence-electron chi connectivity index (χ2n) is 29.5. The Bertz CT molecular complexity index is 3670. The summed E-state index contributed by atoms with van der Waals surface area (Å²) in [7, 11) is 7.93. The molecule has 100 heavy (non-hydrogen) atoms. The average molecular weight is 1420 g/mol. The molecule has 0 radical (unpaired) electrons. The molecule has 2 fully saturated rings. The number of amides is 5. The zero-order valence-electron chi connectivity index (χ0n) is 58.2. The summed E-state index contributed by atoms with van der Waals surface area (Å²) >= 11 is 5.74. The van der Waals surface area contributed by atoms with E-state index in [4.69, 9.17) is 45.8 Å². The highest BCUT2D eigenvalue weighted by molar-refractivity contribution is 6.17. The standard InChI is InChI=1S/C36H48N4O6.C20H27ClF3N3O4.C18H21NO3.CH4.H2/c1-35(2,3)46-34(43)39-26(8-6-7-18-37)33(42)38-24-12-9-22(10-13-24)21-40(4)19-17-36-25-14-15-28(41)32(36)45-31-29(44-5)16-11-23(30(31)36)20-27(25)40;1-19(2,3)31-18(30)27-15(6-4-5-11-25-17(29)20(22,23)24)16(28)26-14-9-7-13(12-21)8-10-14;1-19-8-7-18-11-4-5-13(20)17(18)22-16-14(21-2)6-3-10(15(16)18)9-12(11)19;;/h9-16,25-28,32,41H,6-8,17-21,37H2,1-5H3,(H-,38,39,42,43);7-10,15H,4-6,11-12H2,1-3H3,(H,25,29)(H,26,28)(H,27,30);3-6,11-13,17,20H,7-9H2,1-2H3;1H4;1H/p+1/t25?,26?,27-,28+,32+,36+,40?;;11?,12-,13+,17+,18+;;/m1.1../s1/i;;;;1+1. The molecule has 4 aliphatic carbocycles. The number of carbonyl (C=O) groups is 5. The number of piperidine rings is 2. The van der Waals surface area contributed by atoms with Gasteiger partial charge in [-0.05, 0) is 166 Å². The smallest absolute Gasteiger partial charge is 0.471 e. The average Bonchev–Trinajstić information content (AvgIpc) is 1.58. The largest absolute Gasteiger partial charge is 0.493 e. The number of aliphatic hydroxyl groups is 2. The summed E-state index contributed by atoms with van der Waals surface area (Å²) in [5.74, 6) is 1.39. The summed E-state index contributed by atoms with van der Waals surface area (Å²) in [6.45, 7) is 13.5. The number of methoxy groups -OCH3 is 2. The molecule has 8 aliphatic rings. The second-order valence-corrected chi connectivity index (χ2v) is 29.8. The van der Waals surface area contributed by atoms with Crippen LogP contribution in [0.2, 0.25) is 0 Å². The summed E-state index contributed by atoms with van der Waals surface area (Å²) in [6.07, 6.45) is 6.76. The van der Waals surface area contributed by atoms with Gasteiger partial charge < -0.3 is 80.3 Å². The first-order valence-corrected chi connectivity index (χ1v) is 34.8. The number of hydrogen-bond acceptors (Lipinski definition) is 15. The molecule has 548 valence electrons. The number of halogens is 4. The third-order valence-electron chi connectivity index (χ3n) is 20.7. The first kappa shape index (κ1) is 76.6. The zero-order valence-corrected chi connectivity index (χ0v) is 58.9. The summed E-state index contributed by atoms with van der Waals surface area (Å²) in [5.41, 5.74) is 12.3. The van der Waals surface area contributed by atoms with Gasteiger partial charge in [0.05, 0.1) is 33.2 Å². The third kappa shape index (κ3) is 16.2. The van der Waals surface area contributed by atoms with Crippen LogP contribution in [0.25, 0.3) is 0 Å². The van der Waals surface area contributed by atoms with Crippen LogP contribution in [0, 0.1) is 11.8 Å². The number of quaternary nitrogens is 1. The summed E-state index contributed by atoms with van der Waals surface area (Å²) in [4.78, 5) is 63.7. The number of nitrogens with zero attached hydrogens (tertiary/aromatic N) is 2. The van der Waals surface area contributed by atoms with Gasteiger partial charge in [0, 0.05) is 78.1 Å². The second kappa shape index (κ2) is 30.9.